The van der Waals surface area contributed by atoms with Gasteiger partial charge in [0.05, 0.1) is 0 Å². The number of halogens is 1. The van der Waals surface area contributed by atoms with Crippen molar-refractivity contribution in [2.75, 3.05) is 18.4 Å². The van der Waals surface area contributed by atoms with E-state index in [2.05, 4.69) is 65.0 Å². The summed E-state index contributed by atoms with van der Waals surface area (Å²) in [5, 5.41) is 1.07. The molecular formula is C14H22BrN. The van der Waals surface area contributed by atoms with Crippen LogP contribution in [0.3, 0.4) is 0 Å². The monoisotopic (exact) mass is 283 g/mol. The van der Waals surface area contributed by atoms with Gasteiger partial charge in [0.15, 0.2) is 0 Å². The summed E-state index contributed by atoms with van der Waals surface area (Å²) < 4.78 is 0. The van der Waals surface area contributed by atoms with Crippen LogP contribution in [0.2, 0.25) is 0 Å². The molecule has 0 aliphatic rings. The van der Waals surface area contributed by atoms with Crippen molar-refractivity contribution >= 4 is 15.9 Å². The minimum absolute atomic E-state index is 0.669. The summed E-state index contributed by atoms with van der Waals surface area (Å²) in [7, 11) is 0. The number of rotatable bonds is 7. The second-order valence-corrected chi connectivity index (χ2v) is 4.98. The maximum atomic E-state index is 3.51. The Kier molecular flexibility index (Phi) is 6.74. The maximum Gasteiger partial charge on any atom is 0.0159 e. The highest BCUT2D eigenvalue weighted by Gasteiger charge is 2.10. The van der Waals surface area contributed by atoms with Gasteiger partial charge >= 0.3 is 0 Å². The van der Waals surface area contributed by atoms with Gasteiger partial charge in [0, 0.05) is 17.9 Å². The lowest BCUT2D eigenvalue weighted by atomic mass is 10.1. The molecular weight excluding hydrogens is 262 g/mol. The molecule has 0 radical (unpaired) electrons. The Bertz CT molecular complexity index is 273. The molecule has 1 rings (SSSR count). The number of hydrogen-bond donors (Lipinski definition) is 0. The fraction of sp³-hybridized carbons (Fsp3) is 0.571. The van der Waals surface area contributed by atoms with Crippen molar-refractivity contribution in [1.29, 1.82) is 0 Å². The molecule has 0 saturated carbocycles. The third-order valence-electron chi connectivity index (χ3n) is 3.09. The maximum absolute atomic E-state index is 3.51. The highest BCUT2D eigenvalue weighted by atomic mass is 79.9. The fourth-order valence-corrected chi connectivity index (χ4v) is 2.46. The Hall–Kier alpha value is -0.340. The molecule has 1 nitrogen and oxygen atoms in total. The predicted molar refractivity (Wildman–Crippen MR) is 75.3 cm³/mol. The first-order valence-electron chi connectivity index (χ1n) is 6.11. The van der Waals surface area contributed by atoms with Crippen LogP contribution < -0.4 is 0 Å². The first kappa shape index (κ1) is 13.7. The van der Waals surface area contributed by atoms with E-state index >= 15 is 0 Å². The molecule has 1 unspecified atom stereocenters. The number of benzene rings is 1. The molecule has 0 N–H and O–H groups in total. The van der Waals surface area contributed by atoms with E-state index in [0.29, 0.717) is 6.04 Å². The predicted octanol–water partition coefficient (Wildman–Crippen LogP) is 3.72. The summed E-state index contributed by atoms with van der Waals surface area (Å²) in [6.07, 6.45) is 2.42. The van der Waals surface area contributed by atoms with Crippen molar-refractivity contribution < 1.29 is 0 Å². The highest BCUT2D eigenvalue weighted by molar-refractivity contribution is 9.09. The van der Waals surface area contributed by atoms with E-state index in [1.807, 2.05) is 0 Å². The standard InChI is InChI=1S/C14H22BrN/c1-3-16(12-11-15)13(2)9-10-14-7-5-4-6-8-14/h4-8,13H,3,9-12H2,1-2H3. The molecule has 0 aromatic heterocycles. The first-order valence-corrected chi connectivity index (χ1v) is 7.24. The zero-order chi connectivity index (χ0) is 11.8. The Morgan fingerprint density at radius 1 is 1.25 bits per heavy atom. The molecule has 1 atom stereocenters. The molecule has 1 aromatic rings. The summed E-state index contributed by atoms with van der Waals surface area (Å²) in [6, 6.07) is 11.4. The van der Waals surface area contributed by atoms with Crippen LogP contribution in [0.1, 0.15) is 25.8 Å². The SMILES string of the molecule is CCN(CCBr)C(C)CCc1ccccc1. The zero-order valence-electron chi connectivity index (χ0n) is 10.3. The average molecular weight is 284 g/mol. The Labute approximate surface area is 108 Å². The Morgan fingerprint density at radius 3 is 2.50 bits per heavy atom. The van der Waals surface area contributed by atoms with E-state index in [1.165, 1.54) is 18.4 Å². The molecule has 0 bridgehead atoms. The van der Waals surface area contributed by atoms with Crippen LogP contribution in [0.15, 0.2) is 30.3 Å². The van der Waals surface area contributed by atoms with Crippen LogP contribution in [-0.4, -0.2) is 29.4 Å². The molecule has 2 heteroatoms. The lowest BCUT2D eigenvalue weighted by Crippen LogP contribution is -2.34. The topological polar surface area (TPSA) is 3.24 Å². The van der Waals surface area contributed by atoms with E-state index in [4.69, 9.17) is 0 Å². The number of alkyl halides is 1. The van der Waals surface area contributed by atoms with Gasteiger partial charge in [-0.1, -0.05) is 53.2 Å². The van der Waals surface area contributed by atoms with Crippen molar-refractivity contribution in [3.8, 4) is 0 Å². The van der Waals surface area contributed by atoms with Crippen molar-refractivity contribution in [2.45, 2.75) is 32.7 Å². The molecule has 16 heavy (non-hydrogen) atoms. The minimum Gasteiger partial charge on any atom is -0.300 e. The molecule has 0 amide bonds. The van der Waals surface area contributed by atoms with Crippen LogP contribution >= 0.6 is 15.9 Å². The summed E-state index contributed by atoms with van der Waals surface area (Å²) in [6.45, 7) is 6.85. The van der Waals surface area contributed by atoms with Gasteiger partial charge in [0.25, 0.3) is 0 Å². The lowest BCUT2D eigenvalue weighted by molar-refractivity contribution is 0.224. The second kappa shape index (κ2) is 7.86. The van der Waals surface area contributed by atoms with Crippen molar-refractivity contribution in [2.24, 2.45) is 0 Å². The summed E-state index contributed by atoms with van der Waals surface area (Å²) in [5.41, 5.74) is 1.45. The van der Waals surface area contributed by atoms with Crippen LogP contribution in [-0.2, 0) is 6.42 Å². The van der Waals surface area contributed by atoms with Crippen molar-refractivity contribution in [3.05, 3.63) is 35.9 Å². The minimum atomic E-state index is 0.669. The Balaban J connectivity index is 2.36. The zero-order valence-corrected chi connectivity index (χ0v) is 11.9. The van der Waals surface area contributed by atoms with Crippen molar-refractivity contribution in [1.82, 2.24) is 4.90 Å². The van der Waals surface area contributed by atoms with Gasteiger partial charge < -0.3 is 4.90 Å². The molecule has 1 aromatic carbocycles. The molecule has 90 valence electrons. The first-order chi connectivity index (χ1) is 7.77. The Morgan fingerprint density at radius 2 is 1.94 bits per heavy atom. The van der Waals surface area contributed by atoms with E-state index in [1.54, 1.807) is 0 Å². The van der Waals surface area contributed by atoms with Crippen LogP contribution in [0.4, 0.5) is 0 Å². The van der Waals surface area contributed by atoms with E-state index in [9.17, 15) is 0 Å². The molecule has 0 fully saturated rings. The molecule has 0 spiro atoms. The summed E-state index contributed by atoms with van der Waals surface area (Å²) in [4.78, 5) is 2.53. The highest BCUT2D eigenvalue weighted by Crippen LogP contribution is 2.09. The number of aryl methyl sites for hydroxylation is 1. The number of nitrogens with zero attached hydrogens (tertiary/aromatic N) is 1. The van der Waals surface area contributed by atoms with Crippen LogP contribution in [0, 0.1) is 0 Å². The van der Waals surface area contributed by atoms with Crippen LogP contribution in [0.5, 0.6) is 0 Å². The smallest absolute Gasteiger partial charge is 0.0159 e. The third kappa shape index (κ3) is 4.67. The summed E-state index contributed by atoms with van der Waals surface area (Å²) in [5.74, 6) is 0. The molecule has 0 aliphatic heterocycles. The van der Waals surface area contributed by atoms with E-state index in [0.717, 1.165) is 18.4 Å². The molecule has 0 aliphatic carbocycles. The number of hydrogen-bond acceptors (Lipinski definition) is 1. The normalized spacial score (nSPS) is 13.0. The largest absolute Gasteiger partial charge is 0.300 e. The summed E-state index contributed by atoms with van der Waals surface area (Å²) >= 11 is 3.51. The second-order valence-electron chi connectivity index (χ2n) is 4.19. The third-order valence-corrected chi connectivity index (χ3v) is 3.45. The fourth-order valence-electron chi connectivity index (χ4n) is 2.00. The van der Waals surface area contributed by atoms with Gasteiger partial charge in [-0.15, -0.1) is 0 Å². The molecule has 0 heterocycles. The van der Waals surface area contributed by atoms with Gasteiger partial charge in [0.1, 0.15) is 0 Å². The van der Waals surface area contributed by atoms with Crippen molar-refractivity contribution in [3.63, 3.8) is 0 Å². The molecule has 0 saturated heterocycles. The van der Waals surface area contributed by atoms with Gasteiger partial charge in [-0.3, -0.25) is 0 Å². The van der Waals surface area contributed by atoms with E-state index in [-0.39, 0.29) is 0 Å². The van der Waals surface area contributed by atoms with Gasteiger partial charge in [-0.2, -0.15) is 0 Å². The average Bonchev–Trinajstić information content (AvgIpc) is 2.34. The van der Waals surface area contributed by atoms with Gasteiger partial charge in [0.2, 0.25) is 0 Å². The van der Waals surface area contributed by atoms with Gasteiger partial charge in [-0.25, -0.2) is 0 Å². The van der Waals surface area contributed by atoms with E-state index < -0.39 is 0 Å². The lowest BCUT2D eigenvalue weighted by Gasteiger charge is -2.27. The van der Waals surface area contributed by atoms with Crippen LogP contribution in [0.25, 0.3) is 0 Å². The van der Waals surface area contributed by atoms with Gasteiger partial charge in [-0.05, 0) is 31.9 Å². The quantitative estimate of drug-likeness (QED) is 0.690.